The molecule has 0 fully saturated rings. The Bertz CT molecular complexity index is 1150. The zero-order valence-electron chi connectivity index (χ0n) is 16.0. The van der Waals surface area contributed by atoms with E-state index >= 15 is 0 Å². The number of hydrogen-bond acceptors (Lipinski definition) is 6. The summed E-state index contributed by atoms with van der Waals surface area (Å²) in [5.41, 5.74) is 0.868. The highest BCUT2D eigenvalue weighted by Gasteiger charge is 2.16. The van der Waals surface area contributed by atoms with Gasteiger partial charge >= 0.3 is 0 Å². The van der Waals surface area contributed by atoms with Crippen molar-refractivity contribution in [2.75, 3.05) is 26.5 Å². The number of carbonyl (C=O) groups is 1. The summed E-state index contributed by atoms with van der Waals surface area (Å²) in [4.78, 5) is 29.8. The molecule has 0 aliphatic rings. The minimum atomic E-state index is -0.241. The number of amides is 1. The molecule has 2 aromatic carbocycles. The number of aromatic nitrogens is 2. The van der Waals surface area contributed by atoms with Gasteiger partial charge in [-0.2, -0.15) is 0 Å². The summed E-state index contributed by atoms with van der Waals surface area (Å²) in [5.74, 6) is 3.20. The molecule has 1 aromatic heterocycles. The summed E-state index contributed by atoms with van der Waals surface area (Å²) in [6.07, 6.45) is 5.17. The molecule has 0 unspecified atom stereocenters. The lowest BCUT2D eigenvalue weighted by Crippen LogP contribution is -2.26. The van der Waals surface area contributed by atoms with Crippen LogP contribution in [-0.2, 0) is 4.79 Å². The Balaban J connectivity index is 2.11. The molecule has 1 heterocycles. The van der Waals surface area contributed by atoms with Gasteiger partial charge in [-0.3, -0.25) is 14.2 Å². The molecule has 148 valence electrons. The second kappa shape index (κ2) is 9.17. The molecule has 29 heavy (non-hydrogen) atoms. The molecule has 8 heteroatoms. The first-order chi connectivity index (χ1) is 14.1. The number of thioether (sulfide) groups is 1. The van der Waals surface area contributed by atoms with Gasteiger partial charge in [-0.25, -0.2) is 4.98 Å². The van der Waals surface area contributed by atoms with Crippen molar-refractivity contribution in [1.29, 1.82) is 0 Å². The number of methoxy groups -OCH3 is 2. The van der Waals surface area contributed by atoms with Crippen LogP contribution in [0.1, 0.15) is 0 Å². The van der Waals surface area contributed by atoms with E-state index in [1.54, 1.807) is 36.4 Å². The number of para-hydroxylation sites is 1. The van der Waals surface area contributed by atoms with E-state index in [2.05, 4.69) is 16.2 Å². The molecule has 7 nitrogen and oxygen atoms in total. The first-order valence-corrected chi connectivity index (χ1v) is 9.64. The van der Waals surface area contributed by atoms with Gasteiger partial charge in [0.15, 0.2) is 16.7 Å². The molecule has 1 amide bonds. The predicted octanol–water partition coefficient (Wildman–Crippen LogP) is 2.24. The van der Waals surface area contributed by atoms with Crippen LogP contribution >= 0.6 is 11.8 Å². The van der Waals surface area contributed by atoms with E-state index in [9.17, 15) is 9.59 Å². The topological polar surface area (TPSA) is 82.5 Å². The third-order valence-corrected chi connectivity index (χ3v) is 5.03. The molecule has 3 aromatic rings. The van der Waals surface area contributed by atoms with Gasteiger partial charge in [0.1, 0.15) is 0 Å². The standard InChI is InChI=1S/C21H19N3O4S/c1-4-11-22-19(25)13-29-21-23-16-8-6-5-7-15(16)20(26)24(21)14-9-10-17(27-2)18(12-14)28-3/h1,5-10,12H,11,13H2,2-3H3,(H,22,25). The van der Waals surface area contributed by atoms with Crippen LogP contribution in [0.5, 0.6) is 11.5 Å². The SMILES string of the molecule is C#CCNC(=O)CSc1nc2ccccc2c(=O)n1-c1ccc(OC)c(OC)c1. The molecule has 0 saturated carbocycles. The summed E-state index contributed by atoms with van der Waals surface area (Å²) >= 11 is 1.15. The van der Waals surface area contributed by atoms with Crippen LogP contribution in [0.15, 0.2) is 52.4 Å². The lowest BCUT2D eigenvalue weighted by molar-refractivity contribution is -0.118. The van der Waals surface area contributed by atoms with Crippen LogP contribution in [0.4, 0.5) is 0 Å². The number of rotatable bonds is 7. The predicted molar refractivity (Wildman–Crippen MR) is 113 cm³/mol. The van der Waals surface area contributed by atoms with Crippen LogP contribution in [-0.4, -0.2) is 42.0 Å². The highest BCUT2D eigenvalue weighted by Crippen LogP contribution is 2.30. The average molecular weight is 409 g/mol. The van der Waals surface area contributed by atoms with E-state index in [0.29, 0.717) is 33.2 Å². The highest BCUT2D eigenvalue weighted by atomic mass is 32.2. The Labute approximate surface area is 172 Å². The van der Waals surface area contributed by atoms with E-state index in [1.807, 2.05) is 6.07 Å². The molecule has 0 radical (unpaired) electrons. The normalized spacial score (nSPS) is 10.4. The number of nitrogens with one attached hydrogen (secondary N) is 1. The Hall–Kier alpha value is -3.44. The molecule has 3 rings (SSSR count). The fraction of sp³-hybridized carbons (Fsp3) is 0.190. The van der Waals surface area contributed by atoms with Crippen LogP contribution < -0.4 is 20.3 Å². The zero-order valence-corrected chi connectivity index (χ0v) is 16.8. The van der Waals surface area contributed by atoms with Crippen LogP contribution in [0.3, 0.4) is 0 Å². The largest absolute Gasteiger partial charge is 0.493 e. The lowest BCUT2D eigenvalue weighted by Gasteiger charge is -2.15. The van der Waals surface area contributed by atoms with E-state index in [4.69, 9.17) is 15.9 Å². The molecular formula is C21H19N3O4S. The van der Waals surface area contributed by atoms with Crippen LogP contribution in [0.2, 0.25) is 0 Å². The van der Waals surface area contributed by atoms with Gasteiger partial charge in [0, 0.05) is 6.07 Å². The summed E-state index contributed by atoms with van der Waals surface area (Å²) in [6, 6.07) is 12.2. The Morgan fingerprint density at radius 3 is 2.69 bits per heavy atom. The van der Waals surface area contributed by atoms with Crippen molar-refractivity contribution in [1.82, 2.24) is 14.9 Å². The number of terminal acetylenes is 1. The van der Waals surface area contributed by atoms with Gasteiger partial charge in [0.05, 0.1) is 43.1 Å². The van der Waals surface area contributed by atoms with Gasteiger partial charge in [0.2, 0.25) is 5.91 Å². The minimum Gasteiger partial charge on any atom is -0.493 e. The van der Waals surface area contributed by atoms with Crippen LogP contribution in [0.25, 0.3) is 16.6 Å². The number of benzene rings is 2. The molecule has 1 N–H and O–H groups in total. The van der Waals surface area contributed by atoms with E-state index in [0.717, 1.165) is 11.8 Å². The second-order valence-corrected chi connectivity index (χ2v) is 6.80. The van der Waals surface area contributed by atoms with Gasteiger partial charge in [-0.15, -0.1) is 6.42 Å². The monoisotopic (exact) mass is 409 g/mol. The van der Waals surface area contributed by atoms with Gasteiger partial charge in [-0.05, 0) is 24.3 Å². The van der Waals surface area contributed by atoms with Crippen molar-refractivity contribution in [3.63, 3.8) is 0 Å². The first kappa shape index (κ1) is 20.3. The number of carbonyl (C=O) groups excluding carboxylic acids is 1. The lowest BCUT2D eigenvalue weighted by atomic mass is 10.2. The van der Waals surface area contributed by atoms with Crippen molar-refractivity contribution in [2.24, 2.45) is 0 Å². The van der Waals surface area contributed by atoms with Crippen molar-refractivity contribution in [3.8, 4) is 29.5 Å². The van der Waals surface area contributed by atoms with E-state index in [-0.39, 0.29) is 23.8 Å². The molecule has 0 aliphatic carbocycles. The Morgan fingerprint density at radius 2 is 1.97 bits per heavy atom. The summed E-state index contributed by atoms with van der Waals surface area (Å²) < 4.78 is 12.1. The second-order valence-electron chi connectivity index (χ2n) is 5.86. The highest BCUT2D eigenvalue weighted by molar-refractivity contribution is 7.99. The number of ether oxygens (including phenoxy) is 2. The molecule has 0 aliphatic heterocycles. The Morgan fingerprint density at radius 1 is 1.21 bits per heavy atom. The zero-order chi connectivity index (χ0) is 20.8. The summed E-state index contributed by atoms with van der Waals surface area (Å²) in [5, 5.41) is 3.46. The average Bonchev–Trinajstić information content (AvgIpc) is 2.75. The third-order valence-electron chi connectivity index (χ3n) is 4.09. The van der Waals surface area contributed by atoms with Gasteiger partial charge in [-0.1, -0.05) is 29.8 Å². The Kier molecular flexibility index (Phi) is 6.42. The van der Waals surface area contributed by atoms with E-state index < -0.39 is 0 Å². The number of hydrogen-bond donors (Lipinski definition) is 1. The smallest absolute Gasteiger partial charge is 0.266 e. The summed E-state index contributed by atoms with van der Waals surface area (Å²) in [7, 11) is 3.06. The fourth-order valence-electron chi connectivity index (χ4n) is 2.73. The number of nitrogens with zero attached hydrogens (tertiary/aromatic N) is 2. The van der Waals surface area contributed by atoms with Gasteiger partial charge < -0.3 is 14.8 Å². The minimum absolute atomic E-state index is 0.0692. The molecule has 0 saturated heterocycles. The third kappa shape index (κ3) is 4.36. The molecule has 0 atom stereocenters. The van der Waals surface area contributed by atoms with Crippen molar-refractivity contribution in [3.05, 3.63) is 52.8 Å². The number of fused-ring (bicyclic) bond motifs is 1. The fourth-order valence-corrected chi connectivity index (χ4v) is 3.57. The maximum atomic E-state index is 13.2. The van der Waals surface area contributed by atoms with Crippen LogP contribution in [0, 0.1) is 12.3 Å². The first-order valence-electron chi connectivity index (χ1n) is 8.66. The maximum absolute atomic E-state index is 13.2. The molecule has 0 spiro atoms. The maximum Gasteiger partial charge on any atom is 0.266 e. The quantitative estimate of drug-likeness (QED) is 0.366. The van der Waals surface area contributed by atoms with E-state index in [1.165, 1.54) is 18.8 Å². The van der Waals surface area contributed by atoms with Crippen molar-refractivity contribution in [2.45, 2.75) is 5.16 Å². The van der Waals surface area contributed by atoms with Crippen molar-refractivity contribution < 1.29 is 14.3 Å². The van der Waals surface area contributed by atoms with Crippen molar-refractivity contribution >= 4 is 28.6 Å². The van der Waals surface area contributed by atoms with Gasteiger partial charge in [0.25, 0.3) is 5.56 Å². The molecular weight excluding hydrogens is 390 g/mol. The molecule has 0 bridgehead atoms. The summed E-state index contributed by atoms with van der Waals surface area (Å²) in [6.45, 7) is 0.146.